The number of hydrogen-bond acceptors (Lipinski definition) is 2. The second-order valence-electron chi connectivity index (χ2n) is 3.77. The van der Waals surface area contributed by atoms with E-state index in [0.717, 1.165) is 17.6 Å². The number of rotatable bonds is 2. The number of nitrogens with one attached hydrogen (secondary N) is 1. The molecule has 1 heterocycles. The van der Waals surface area contributed by atoms with E-state index in [1.54, 1.807) is 0 Å². The van der Waals surface area contributed by atoms with Gasteiger partial charge in [-0.15, -0.1) is 0 Å². The smallest absolute Gasteiger partial charge is 0.0361 e. The predicted octanol–water partition coefficient (Wildman–Crippen LogP) is 2.06. The van der Waals surface area contributed by atoms with Gasteiger partial charge in [0.1, 0.15) is 0 Å². The van der Waals surface area contributed by atoms with E-state index in [2.05, 4.69) is 45.5 Å². The van der Waals surface area contributed by atoms with E-state index >= 15 is 0 Å². The lowest BCUT2D eigenvalue weighted by molar-refractivity contribution is 0.473. The quantitative estimate of drug-likeness (QED) is 0.848. The largest absolute Gasteiger partial charge is 0.330 e. The lowest BCUT2D eigenvalue weighted by Crippen LogP contribution is -2.23. The molecule has 2 nitrogen and oxygen atoms in total. The number of halogens is 1. The van der Waals surface area contributed by atoms with Gasteiger partial charge in [0.2, 0.25) is 0 Å². The average molecular weight is 255 g/mol. The van der Waals surface area contributed by atoms with Crippen molar-refractivity contribution in [2.45, 2.75) is 12.5 Å². The molecule has 0 bridgehead atoms. The van der Waals surface area contributed by atoms with Gasteiger partial charge in [0.05, 0.1) is 0 Å². The van der Waals surface area contributed by atoms with E-state index in [9.17, 15) is 0 Å². The highest BCUT2D eigenvalue weighted by Gasteiger charge is 2.26. The molecule has 1 aliphatic rings. The van der Waals surface area contributed by atoms with Crippen molar-refractivity contribution in [3.63, 3.8) is 0 Å². The van der Waals surface area contributed by atoms with Gasteiger partial charge < -0.3 is 11.1 Å². The summed E-state index contributed by atoms with van der Waals surface area (Å²) >= 11 is 3.49. The molecule has 2 unspecified atom stereocenters. The SMILES string of the molecule is NCC1CCNC1c1cccc(Br)c1. The molecule has 3 N–H and O–H groups in total. The summed E-state index contributed by atoms with van der Waals surface area (Å²) < 4.78 is 1.14. The van der Waals surface area contributed by atoms with Gasteiger partial charge in [-0.1, -0.05) is 28.1 Å². The van der Waals surface area contributed by atoms with Gasteiger partial charge >= 0.3 is 0 Å². The fourth-order valence-corrected chi connectivity index (χ4v) is 2.52. The van der Waals surface area contributed by atoms with Crippen LogP contribution >= 0.6 is 15.9 Å². The number of benzene rings is 1. The molecule has 14 heavy (non-hydrogen) atoms. The third-order valence-corrected chi connectivity index (χ3v) is 3.35. The molecule has 0 saturated carbocycles. The van der Waals surface area contributed by atoms with E-state index in [4.69, 9.17) is 5.73 Å². The molecule has 1 aliphatic heterocycles. The van der Waals surface area contributed by atoms with Crippen LogP contribution in [-0.2, 0) is 0 Å². The van der Waals surface area contributed by atoms with Gasteiger partial charge in [0, 0.05) is 10.5 Å². The highest BCUT2D eigenvalue weighted by atomic mass is 79.9. The van der Waals surface area contributed by atoms with E-state index in [1.807, 2.05) is 0 Å². The average Bonchev–Trinajstić information content (AvgIpc) is 2.65. The van der Waals surface area contributed by atoms with Crippen molar-refractivity contribution in [2.75, 3.05) is 13.1 Å². The fraction of sp³-hybridized carbons (Fsp3) is 0.455. The molecule has 1 aromatic rings. The minimum absolute atomic E-state index is 0.442. The second kappa shape index (κ2) is 4.43. The van der Waals surface area contributed by atoms with Crippen molar-refractivity contribution in [2.24, 2.45) is 11.7 Å². The maximum atomic E-state index is 5.75. The van der Waals surface area contributed by atoms with Crippen LogP contribution in [-0.4, -0.2) is 13.1 Å². The first kappa shape index (κ1) is 10.1. The molecule has 1 fully saturated rings. The van der Waals surface area contributed by atoms with E-state index < -0.39 is 0 Å². The van der Waals surface area contributed by atoms with E-state index in [1.165, 1.54) is 12.0 Å². The zero-order valence-electron chi connectivity index (χ0n) is 8.04. The molecule has 0 amide bonds. The highest BCUT2D eigenvalue weighted by molar-refractivity contribution is 9.10. The van der Waals surface area contributed by atoms with Crippen molar-refractivity contribution < 1.29 is 0 Å². The first-order valence-electron chi connectivity index (χ1n) is 5.00. The zero-order valence-corrected chi connectivity index (χ0v) is 9.63. The molecule has 3 heteroatoms. The summed E-state index contributed by atoms with van der Waals surface area (Å²) in [4.78, 5) is 0. The summed E-state index contributed by atoms with van der Waals surface area (Å²) in [6.45, 7) is 1.85. The molecule has 76 valence electrons. The molecular formula is C11H15BrN2. The van der Waals surface area contributed by atoms with Gasteiger partial charge in [-0.3, -0.25) is 0 Å². The van der Waals surface area contributed by atoms with Crippen molar-refractivity contribution in [1.29, 1.82) is 0 Å². The Morgan fingerprint density at radius 2 is 2.36 bits per heavy atom. The monoisotopic (exact) mass is 254 g/mol. The van der Waals surface area contributed by atoms with Crippen LogP contribution in [0, 0.1) is 5.92 Å². The Morgan fingerprint density at radius 3 is 3.07 bits per heavy atom. The fourth-order valence-electron chi connectivity index (χ4n) is 2.10. The Balaban J connectivity index is 2.21. The first-order valence-corrected chi connectivity index (χ1v) is 5.79. The lowest BCUT2D eigenvalue weighted by atomic mass is 9.94. The van der Waals surface area contributed by atoms with Crippen LogP contribution in [0.25, 0.3) is 0 Å². The van der Waals surface area contributed by atoms with Crippen LogP contribution in [0.15, 0.2) is 28.7 Å². The maximum Gasteiger partial charge on any atom is 0.0361 e. The Labute approximate surface area is 93.0 Å². The molecule has 2 atom stereocenters. The Hall–Kier alpha value is -0.380. The van der Waals surface area contributed by atoms with Gasteiger partial charge in [-0.25, -0.2) is 0 Å². The van der Waals surface area contributed by atoms with Crippen LogP contribution in [0.5, 0.6) is 0 Å². The summed E-state index contributed by atoms with van der Waals surface area (Å²) in [6.07, 6.45) is 1.19. The molecule has 0 spiro atoms. The number of nitrogens with two attached hydrogens (primary N) is 1. The van der Waals surface area contributed by atoms with E-state index in [0.29, 0.717) is 12.0 Å². The predicted molar refractivity (Wildman–Crippen MR) is 62.0 cm³/mol. The summed E-state index contributed by atoms with van der Waals surface area (Å²) in [7, 11) is 0. The maximum absolute atomic E-state index is 5.75. The summed E-state index contributed by atoms with van der Waals surface area (Å²) in [5.74, 6) is 0.587. The van der Waals surface area contributed by atoms with E-state index in [-0.39, 0.29) is 0 Å². The molecule has 1 saturated heterocycles. The topological polar surface area (TPSA) is 38.0 Å². The van der Waals surface area contributed by atoms with Crippen molar-refractivity contribution in [3.8, 4) is 0 Å². The van der Waals surface area contributed by atoms with Crippen molar-refractivity contribution >= 4 is 15.9 Å². The van der Waals surface area contributed by atoms with Crippen molar-refractivity contribution in [3.05, 3.63) is 34.3 Å². The van der Waals surface area contributed by atoms with Crippen LogP contribution in [0.1, 0.15) is 18.0 Å². The first-order chi connectivity index (χ1) is 6.81. The molecule has 2 rings (SSSR count). The second-order valence-corrected chi connectivity index (χ2v) is 4.69. The van der Waals surface area contributed by atoms with Crippen LogP contribution in [0.2, 0.25) is 0 Å². The summed E-state index contributed by atoms with van der Waals surface area (Å²) in [5, 5.41) is 3.50. The number of hydrogen-bond donors (Lipinski definition) is 2. The Kier molecular flexibility index (Phi) is 3.21. The van der Waals surface area contributed by atoms with Gasteiger partial charge in [0.25, 0.3) is 0 Å². The van der Waals surface area contributed by atoms with Crippen LogP contribution in [0.4, 0.5) is 0 Å². The lowest BCUT2D eigenvalue weighted by Gasteiger charge is -2.18. The summed E-state index contributed by atoms with van der Waals surface area (Å²) in [6, 6.07) is 8.91. The minimum Gasteiger partial charge on any atom is -0.330 e. The van der Waals surface area contributed by atoms with Gasteiger partial charge in [-0.2, -0.15) is 0 Å². The zero-order chi connectivity index (χ0) is 9.97. The van der Waals surface area contributed by atoms with Gasteiger partial charge in [-0.05, 0) is 43.1 Å². The van der Waals surface area contributed by atoms with Crippen LogP contribution in [0.3, 0.4) is 0 Å². The van der Waals surface area contributed by atoms with Gasteiger partial charge in [0.15, 0.2) is 0 Å². The molecule has 0 aromatic heterocycles. The van der Waals surface area contributed by atoms with Crippen molar-refractivity contribution in [1.82, 2.24) is 5.32 Å². The Bertz CT molecular complexity index is 314. The molecule has 1 aromatic carbocycles. The third kappa shape index (κ3) is 2.00. The highest BCUT2D eigenvalue weighted by Crippen LogP contribution is 2.29. The molecular weight excluding hydrogens is 240 g/mol. The summed E-state index contributed by atoms with van der Waals surface area (Å²) in [5.41, 5.74) is 7.09. The normalized spacial score (nSPS) is 26.7. The third-order valence-electron chi connectivity index (χ3n) is 2.86. The Morgan fingerprint density at radius 1 is 1.50 bits per heavy atom. The molecule has 0 aliphatic carbocycles. The van der Waals surface area contributed by atoms with Crippen LogP contribution < -0.4 is 11.1 Å². The molecule has 0 radical (unpaired) electrons. The standard InChI is InChI=1S/C11H15BrN2/c12-10-3-1-2-8(6-10)11-9(7-13)4-5-14-11/h1-3,6,9,11,14H,4-5,7,13H2. The minimum atomic E-state index is 0.442.